The van der Waals surface area contributed by atoms with Gasteiger partial charge in [-0.15, -0.1) is 11.3 Å². The van der Waals surface area contributed by atoms with Crippen LogP contribution in [0.25, 0.3) is 0 Å². The number of aromatic nitrogens is 1. The number of aryl methyl sites for hydroxylation is 3. The van der Waals surface area contributed by atoms with Gasteiger partial charge in [-0.3, -0.25) is 9.69 Å². The molecular weight excluding hydrogens is 615 g/mol. The molecule has 0 aliphatic carbocycles. The third-order valence-corrected chi connectivity index (χ3v) is 12.5. The van der Waals surface area contributed by atoms with Gasteiger partial charge in [0.05, 0.1) is 23.5 Å². The molecule has 1 aromatic heterocycles. The van der Waals surface area contributed by atoms with Gasteiger partial charge in [0.15, 0.2) is 4.21 Å². The Morgan fingerprint density at radius 3 is 2.29 bits per heavy atom. The summed E-state index contributed by atoms with van der Waals surface area (Å²) in [6.07, 6.45) is 1.51. The summed E-state index contributed by atoms with van der Waals surface area (Å²) in [5.41, 5.74) is -0.385. The van der Waals surface area contributed by atoms with Crippen molar-refractivity contribution in [3.8, 4) is 5.75 Å². The molecule has 0 spiro atoms. The van der Waals surface area contributed by atoms with Crippen LogP contribution in [0.1, 0.15) is 40.2 Å². The molecule has 13 heteroatoms. The Balaban J connectivity index is 1.41. The second-order valence-corrected chi connectivity index (χ2v) is 15.2. The van der Waals surface area contributed by atoms with E-state index in [9.17, 15) is 18.0 Å². The molecule has 3 aliphatic rings. The highest BCUT2D eigenvalue weighted by atomic mass is 32.2. The Hall–Kier alpha value is -3.52. The molecule has 2 aromatic carbocycles. The first-order valence-corrected chi connectivity index (χ1v) is 17.4. The number of hydrogen-bond donors (Lipinski definition) is 0. The van der Waals surface area contributed by atoms with Gasteiger partial charge in [-0.05, 0) is 77.5 Å². The number of hydrogen-bond acceptors (Lipinski definition) is 10. The molecule has 2 amide bonds. The van der Waals surface area contributed by atoms with Crippen LogP contribution < -0.4 is 9.04 Å². The number of likely N-dealkylation sites (tertiary alicyclic amines) is 1. The van der Waals surface area contributed by atoms with Gasteiger partial charge < -0.3 is 19.3 Å². The molecule has 0 saturated carbocycles. The molecule has 0 N–H and O–H groups in total. The number of piperazine rings is 1. The van der Waals surface area contributed by atoms with E-state index in [1.807, 2.05) is 19.1 Å². The van der Waals surface area contributed by atoms with E-state index in [4.69, 9.17) is 9.47 Å². The summed E-state index contributed by atoms with van der Waals surface area (Å²) in [7, 11) is -0.798. The Morgan fingerprint density at radius 2 is 1.67 bits per heavy atom. The first-order valence-electron chi connectivity index (χ1n) is 15.2. The number of benzene rings is 2. The molecule has 3 aliphatic heterocycles. The monoisotopic (exact) mass is 653 g/mol. The number of methoxy groups -OCH3 is 1. The van der Waals surface area contributed by atoms with Crippen LogP contribution in [0.5, 0.6) is 5.75 Å². The standard InChI is InChI=1S/C32H39N5O6S2/c1-21-8-6-7-9-26(21)32(43-31(39)36-18-16-35(17-19-36)24-12-14-34(4)15-13-24)27-20-25(42-5)10-11-28(27)37(30(32)38)45(40,41)29-22(2)33-23(3)44-29/h6-11,20,24H,12-19H2,1-5H3. The average molecular weight is 654 g/mol. The molecule has 2 fully saturated rings. The molecule has 1 atom stereocenters. The number of fused-ring (bicyclic) bond motifs is 1. The maximum Gasteiger partial charge on any atom is 0.411 e. The van der Waals surface area contributed by atoms with E-state index in [1.165, 1.54) is 13.2 Å². The molecule has 0 radical (unpaired) electrons. The lowest BCUT2D eigenvalue weighted by atomic mass is 9.84. The van der Waals surface area contributed by atoms with E-state index in [0.29, 0.717) is 59.8 Å². The van der Waals surface area contributed by atoms with Gasteiger partial charge in [0.2, 0.25) is 5.60 Å². The van der Waals surface area contributed by atoms with E-state index in [-0.39, 0.29) is 15.5 Å². The van der Waals surface area contributed by atoms with E-state index in [0.717, 1.165) is 41.6 Å². The first-order chi connectivity index (χ1) is 21.5. The van der Waals surface area contributed by atoms with Crippen LogP contribution in [0.4, 0.5) is 10.5 Å². The molecule has 45 heavy (non-hydrogen) atoms. The highest BCUT2D eigenvalue weighted by Gasteiger charge is 2.60. The Morgan fingerprint density at radius 1 is 0.978 bits per heavy atom. The molecule has 240 valence electrons. The topological polar surface area (TPSA) is 113 Å². The maximum atomic E-state index is 14.9. The third-order valence-electron chi connectivity index (χ3n) is 9.16. The van der Waals surface area contributed by atoms with Gasteiger partial charge in [-0.25, -0.2) is 9.78 Å². The van der Waals surface area contributed by atoms with Gasteiger partial charge in [-0.2, -0.15) is 12.7 Å². The van der Waals surface area contributed by atoms with Crippen molar-refractivity contribution in [3.63, 3.8) is 0 Å². The fourth-order valence-electron chi connectivity index (χ4n) is 6.75. The summed E-state index contributed by atoms with van der Waals surface area (Å²) in [4.78, 5) is 39.6. The summed E-state index contributed by atoms with van der Waals surface area (Å²) in [6.45, 7) is 9.51. The number of thiazole rings is 1. The smallest absolute Gasteiger partial charge is 0.411 e. The number of rotatable bonds is 6. The van der Waals surface area contributed by atoms with Gasteiger partial charge >= 0.3 is 6.09 Å². The zero-order valence-electron chi connectivity index (χ0n) is 26.3. The molecule has 6 rings (SSSR count). The summed E-state index contributed by atoms with van der Waals surface area (Å²) in [5, 5.41) is 0.559. The fraction of sp³-hybridized carbons (Fsp3) is 0.469. The summed E-state index contributed by atoms with van der Waals surface area (Å²) >= 11 is 0.999. The van der Waals surface area contributed by atoms with Crippen LogP contribution in [-0.4, -0.2) is 99.6 Å². The number of carbonyl (C=O) groups is 2. The number of ether oxygens (including phenoxy) is 2. The predicted molar refractivity (Wildman–Crippen MR) is 171 cm³/mol. The first kappa shape index (κ1) is 31.5. The second-order valence-electron chi connectivity index (χ2n) is 12.0. The van der Waals surface area contributed by atoms with Gasteiger partial charge in [0, 0.05) is 43.3 Å². The normalized spacial score (nSPS) is 21.7. The van der Waals surface area contributed by atoms with Crippen LogP contribution >= 0.6 is 11.3 Å². The number of amides is 2. The van der Waals surface area contributed by atoms with Crippen molar-refractivity contribution in [2.75, 3.05) is 57.7 Å². The number of nitrogens with zero attached hydrogens (tertiary/aromatic N) is 5. The van der Waals surface area contributed by atoms with Crippen LogP contribution in [0.2, 0.25) is 0 Å². The minimum Gasteiger partial charge on any atom is -0.497 e. The van der Waals surface area contributed by atoms with Crippen molar-refractivity contribution in [1.82, 2.24) is 19.7 Å². The zero-order valence-corrected chi connectivity index (χ0v) is 27.9. The van der Waals surface area contributed by atoms with Crippen molar-refractivity contribution < 1.29 is 27.5 Å². The van der Waals surface area contributed by atoms with E-state index in [2.05, 4.69) is 21.8 Å². The molecular formula is C32H39N5O6S2. The Kier molecular flexibility index (Phi) is 8.40. The van der Waals surface area contributed by atoms with Gasteiger partial charge in [0.1, 0.15) is 5.75 Å². The van der Waals surface area contributed by atoms with E-state index in [1.54, 1.807) is 43.0 Å². The van der Waals surface area contributed by atoms with Crippen molar-refractivity contribution >= 4 is 39.0 Å². The third kappa shape index (κ3) is 5.39. The lowest BCUT2D eigenvalue weighted by Gasteiger charge is -2.42. The quantitative estimate of drug-likeness (QED) is 0.391. The summed E-state index contributed by atoms with van der Waals surface area (Å²) in [6, 6.07) is 12.3. The average Bonchev–Trinajstić information content (AvgIpc) is 3.50. The largest absolute Gasteiger partial charge is 0.497 e. The zero-order chi connectivity index (χ0) is 32.1. The lowest BCUT2D eigenvalue weighted by Crippen LogP contribution is -2.55. The molecule has 2 saturated heterocycles. The van der Waals surface area contributed by atoms with Gasteiger partial charge in [-0.1, -0.05) is 24.3 Å². The van der Waals surface area contributed by atoms with Gasteiger partial charge in [0.25, 0.3) is 15.9 Å². The maximum absolute atomic E-state index is 14.9. The minimum atomic E-state index is -4.42. The SMILES string of the molecule is COc1ccc2c(c1)C(OC(=O)N1CCN(C3CCN(C)CC3)CC1)(c1ccccc1C)C(=O)N2S(=O)(=O)c1sc(C)nc1C. The van der Waals surface area contributed by atoms with E-state index >= 15 is 0 Å². The summed E-state index contributed by atoms with van der Waals surface area (Å²) < 4.78 is 41.2. The number of anilines is 1. The second kappa shape index (κ2) is 12.0. The van der Waals surface area contributed by atoms with Crippen LogP contribution in [0.3, 0.4) is 0 Å². The molecule has 4 heterocycles. The number of piperidine rings is 1. The number of carbonyl (C=O) groups excluding carboxylic acids is 2. The highest BCUT2D eigenvalue weighted by molar-refractivity contribution is 7.95. The number of sulfonamides is 1. The highest BCUT2D eigenvalue weighted by Crippen LogP contribution is 2.51. The van der Waals surface area contributed by atoms with Crippen LogP contribution in [-0.2, 0) is 25.2 Å². The lowest BCUT2D eigenvalue weighted by molar-refractivity contribution is -0.132. The van der Waals surface area contributed by atoms with Crippen molar-refractivity contribution in [2.24, 2.45) is 0 Å². The fourth-order valence-corrected chi connectivity index (χ4v) is 9.75. The van der Waals surface area contributed by atoms with Crippen molar-refractivity contribution in [2.45, 2.75) is 49.5 Å². The van der Waals surface area contributed by atoms with Crippen LogP contribution in [0.15, 0.2) is 46.7 Å². The van der Waals surface area contributed by atoms with Crippen LogP contribution in [0, 0.1) is 20.8 Å². The molecule has 0 bridgehead atoms. The minimum absolute atomic E-state index is 0.0351. The molecule has 1 unspecified atom stereocenters. The molecule has 3 aromatic rings. The van der Waals surface area contributed by atoms with Crippen molar-refractivity contribution in [1.29, 1.82) is 0 Å². The van der Waals surface area contributed by atoms with Crippen molar-refractivity contribution in [3.05, 3.63) is 69.9 Å². The summed E-state index contributed by atoms with van der Waals surface area (Å²) in [5.74, 6) is -0.491. The van der Waals surface area contributed by atoms with E-state index < -0.39 is 27.6 Å². The Labute approximate surface area is 268 Å². The Bertz CT molecular complexity index is 1730. The molecule has 11 nitrogen and oxygen atoms in total. The predicted octanol–water partition coefficient (Wildman–Crippen LogP) is 3.90.